The summed E-state index contributed by atoms with van der Waals surface area (Å²) in [7, 11) is 0. The van der Waals surface area contributed by atoms with Crippen molar-refractivity contribution < 1.29 is 8.91 Å². The van der Waals surface area contributed by atoms with E-state index in [2.05, 4.69) is 15.0 Å². The van der Waals surface area contributed by atoms with E-state index >= 15 is 0 Å². The van der Waals surface area contributed by atoms with Crippen LogP contribution >= 0.6 is 0 Å². The number of benzene rings is 2. The van der Waals surface area contributed by atoms with Crippen molar-refractivity contribution in [3.8, 4) is 11.3 Å². The van der Waals surface area contributed by atoms with E-state index in [0.717, 1.165) is 68.3 Å². The lowest BCUT2D eigenvalue weighted by Gasteiger charge is -2.21. The van der Waals surface area contributed by atoms with E-state index in [1.165, 1.54) is 12.1 Å². The monoisotopic (exact) mass is 365 g/mol. The molecule has 0 aliphatic carbocycles. The molecule has 27 heavy (non-hydrogen) atoms. The molecule has 1 aliphatic heterocycles. The fourth-order valence-corrected chi connectivity index (χ4v) is 3.54. The Bertz CT molecular complexity index is 848. The minimum absolute atomic E-state index is 0.178. The van der Waals surface area contributed by atoms with E-state index in [-0.39, 0.29) is 5.82 Å². The summed E-state index contributed by atoms with van der Waals surface area (Å²) in [6, 6.07) is 19.0. The fraction of sp³-hybridized carbons (Fsp3) is 0.318. The lowest BCUT2D eigenvalue weighted by Crippen LogP contribution is -2.30. The van der Waals surface area contributed by atoms with Crippen molar-refractivity contribution >= 4 is 0 Å². The van der Waals surface area contributed by atoms with Crippen molar-refractivity contribution in [3.63, 3.8) is 0 Å². The maximum atomic E-state index is 13.1. The van der Waals surface area contributed by atoms with E-state index in [1.807, 2.05) is 48.5 Å². The van der Waals surface area contributed by atoms with Crippen molar-refractivity contribution in [1.29, 1.82) is 0 Å². The molecule has 0 radical (unpaired) electrons. The largest absolute Gasteiger partial charge is 0.359 e. The maximum absolute atomic E-state index is 13.1. The van der Waals surface area contributed by atoms with Crippen LogP contribution in [0, 0.1) is 5.82 Å². The van der Waals surface area contributed by atoms with Crippen molar-refractivity contribution in [1.82, 2.24) is 15.0 Å². The first-order valence-electron chi connectivity index (χ1n) is 9.46. The molecule has 0 bridgehead atoms. The van der Waals surface area contributed by atoms with Crippen LogP contribution in [-0.4, -0.2) is 41.1 Å². The standard InChI is InChI=1S/C22H24FN3O/c23-20-9-7-18(8-10-20)16-25-11-4-12-26(14-13-25)17-21-15-22(24-27-21)19-5-2-1-3-6-19/h1-3,5-10,15H,4,11-14,16-17H2. The Balaban J connectivity index is 1.32. The number of aromatic nitrogens is 1. The zero-order valence-electron chi connectivity index (χ0n) is 15.4. The van der Waals surface area contributed by atoms with Crippen LogP contribution in [0.4, 0.5) is 4.39 Å². The quantitative estimate of drug-likeness (QED) is 0.679. The van der Waals surface area contributed by atoms with Gasteiger partial charge in [0.15, 0.2) is 5.76 Å². The Morgan fingerprint density at radius 3 is 2.30 bits per heavy atom. The average Bonchev–Trinajstić information content (AvgIpc) is 3.05. The summed E-state index contributed by atoms with van der Waals surface area (Å²) in [6.45, 7) is 5.74. The predicted octanol–water partition coefficient (Wildman–Crippen LogP) is 4.19. The van der Waals surface area contributed by atoms with Gasteiger partial charge in [-0.15, -0.1) is 0 Å². The van der Waals surface area contributed by atoms with Gasteiger partial charge < -0.3 is 4.52 Å². The molecule has 0 saturated carbocycles. The van der Waals surface area contributed by atoms with Gasteiger partial charge in [0.2, 0.25) is 0 Å². The minimum Gasteiger partial charge on any atom is -0.359 e. The van der Waals surface area contributed by atoms with Crippen LogP contribution < -0.4 is 0 Å². The summed E-state index contributed by atoms with van der Waals surface area (Å²) in [5, 5.41) is 4.21. The van der Waals surface area contributed by atoms with Gasteiger partial charge in [0.05, 0.1) is 6.54 Å². The zero-order valence-corrected chi connectivity index (χ0v) is 15.4. The first-order chi connectivity index (χ1) is 13.3. The molecule has 0 spiro atoms. The summed E-state index contributed by atoms with van der Waals surface area (Å²) in [5.74, 6) is 0.726. The van der Waals surface area contributed by atoms with Crippen LogP contribution in [0.3, 0.4) is 0 Å². The third-order valence-corrected chi connectivity index (χ3v) is 5.01. The van der Waals surface area contributed by atoms with Gasteiger partial charge in [-0.3, -0.25) is 9.80 Å². The zero-order chi connectivity index (χ0) is 18.5. The van der Waals surface area contributed by atoms with Crippen LogP contribution in [0.5, 0.6) is 0 Å². The topological polar surface area (TPSA) is 32.5 Å². The molecule has 0 amide bonds. The highest BCUT2D eigenvalue weighted by Crippen LogP contribution is 2.20. The molecule has 2 heterocycles. The minimum atomic E-state index is -0.178. The normalized spacial score (nSPS) is 16.3. The van der Waals surface area contributed by atoms with Gasteiger partial charge in [-0.2, -0.15) is 0 Å². The van der Waals surface area contributed by atoms with Gasteiger partial charge in [-0.1, -0.05) is 47.6 Å². The lowest BCUT2D eigenvalue weighted by atomic mass is 10.1. The van der Waals surface area contributed by atoms with Gasteiger partial charge in [0.1, 0.15) is 11.5 Å². The van der Waals surface area contributed by atoms with Crippen LogP contribution in [0.15, 0.2) is 65.2 Å². The van der Waals surface area contributed by atoms with Crippen molar-refractivity contribution in [2.75, 3.05) is 26.2 Å². The second kappa shape index (κ2) is 8.46. The molecule has 1 aromatic heterocycles. The second-order valence-corrected chi connectivity index (χ2v) is 7.08. The molecule has 5 heteroatoms. The number of halogens is 1. The highest BCUT2D eigenvalue weighted by molar-refractivity contribution is 5.58. The van der Waals surface area contributed by atoms with E-state index in [0.29, 0.717) is 0 Å². The Labute approximate surface area is 159 Å². The number of rotatable bonds is 5. The van der Waals surface area contributed by atoms with Gasteiger partial charge in [-0.05, 0) is 37.2 Å². The van der Waals surface area contributed by atoms with Crippen LogP contribution in [0.2, 0.25) is 0 Å². The van der Waals surface area contributed by atoms with Crippen molar-refractivity contribution in [2.24, 2.45) is 0 Å². The predicted molar refractivity (Wildman–Crippen MR) is 104 cm³/mol. The molecular weight excluding hydrogens is 341 g/mol. The molecule has 3 aromatic rings. The third kappa shape index (κ3) is 4.81. The average molecular weight is 365 g/mol. The number of nitrogens with zero attached hydrogens (tertiary/aromatic N) is 3. The maximum Gasteiger partial charge on any atom is 0.151 e. The molecule has 0 atom stereocenters. The molecule has 1 aliphatic rings. The van der Waals surface area contributed by atoms with Crippen LogP contribution in [0.25, 0.3) is 11.3 Å². The third-order valence-electron chi connectivity index (χ3n) is 5.01. The van der Waals surface area contributed by atoms with Gasteiger partial charge >= 0.3 is 0 Å². The molecule has 1 saturated heterocycles. The molecule has 4 rings (SSSR count). The smallest absolute Gasteiger partial charge is 0.151 e. The Morgan fingerprint density at radius 2 is 1.56 bits per heavy atom. The van der Waals surface area contributed by atoms with E-state index in [4.69, 9.17) is 4.52 Å². The Kier molecular flexibility index (Phi) is 5.61. The molecule has 0 unspecified atom stereocenters. The summed E-state index contributed by atoms with van der Waals surface area (Å²) < 4.78 is 18.6. The SMILES string of the molecule is Fc1ccc(CN2CCCN(Cc3cc(-c4ccccc4)no3)CC2)cc1. The molecular formula is C22H24FN3O. The fourth-order valence-electron chi connectivity index (χ4n) is 3.54. The molecule has 0 N–H and O–H groups in total. The number of hydrogen-bond donors (Lipinski definition) is 0. The van der Waals surface area contributed by atoms with Gasteiger partial charge in [-0.25, -0.2) is 4.39 Å². The number of hydrogen-bond acceptors (Lipinski definition) is 4. The van der Waals surface area contributed by atoms with Crippen molar-refractivity contribution in [3.05, 3.63) is 77.8 Å². The molecule has 2 aromatic carbocycles. The summed E-state index contributed by atoms with van der Waals surface area (Å²) in [6.07, 6.45) is 1.11. The lowest BCUT2D eigenvalue weighted by molar-refractivity contribution is 0.226. The summed E-state index contributed by atoms with van der Waals surface area (Å²) >= 11 is 0. The molecule has 1 fully saturated rings. The van der Waals surface area contributed by atoms with Crippen LogP contribution in [-0.2, 0) is 13.1 Å². The Hall–Kier alpha value is -2.50. The second-order valence-electron chi connectivity index (χ2n) is 7.08. The van der Waals surface area contributed by atoms with E-state index in [9.17, 15) is 4.39 Å². The molecule has 4 nitrogen and oxygen atoms in total. The first-order valence-corrected chi connectivity index (χ1v) is 9.46. The first kappa shape index (κ1) is 17.9. The summed E-state index contributed by atoms with van der Waals surface area (Å²) in [5.41, 5.74) is 3.12. The highest BCUT2D eigenvalue weighted by atomic mass is 19.1. The molecule has 140 valence electrons. The van der Waals surface area contributed by atoms with Gasteiger partial charge in [0.25, 0.3) is 0 Å². The van der Waals surface area contributed by atoms with Crippen molar-refractivity contribution in [2.45, 2.75) is 19.5 Å². The van der Waals surface area contributed by atoms with E-state index < -0.39 is 0 Å². The van der Waals surface area contributed by atoms with Gasteiger partial charge in [0, 0.05) is 31.3 Å². The summed E-state index contributed by atoms with van der Waals surface area (Å²) in [4.78, 5) is 4.85. The van der Waals surface area contributed by atoms with E-state index in [1.54, 1.807) is 0 Å². The van der Waals surface area contributed by atoms with Crippen LogP contribution in [0.1, 0.15) is 17.7 Å². The highest BCUT2D eigenvalue weighted by Gasteiger charge is 2.17. The Morgan fingerprint density at radius 1 is 0.852 bits per heavy atom.